The van der Waals surface area contributed by atoms with Crippen LogP contribution in [0.15, 0.2) is 18.2 Å². The summed E-state index contributed by atoms with van der Waals surface area (Å²) in [6, 6.07) is 6.16. The predicted octanol–water partition coefficient (Wildman–Crippen LogP) is 2.94. The van der Waals surface area contributed by atoms with Gasteiger partial charge in [-0.2, -0.15) is 0 Å². The van der Waals surface area contributed by atoms with Crippen LogP contribution >= 0.6 is 0 Å². The second-order valence-electron chi connectivity index (χ2n) is 5.89. The van der Waals surface area contributed by atoms with Gasteiger partial charge in [0.15, 0.2) is 0 Å². The number of hydrogen-bond acceptors (Lipinski definition) is 4. The average molecular weight is 294 g/mol. The van der Waals surface area contributed by atoms with Crippen LogP contribution in [0.3, 0.4) is 0 Å². The summed E-state index contributed by atoms with van der Waals surface area (Å²) < 4.78 is 10.8. The molecule has 0 saturated carbocycles. The molecule has 1 aromatic rings. The monoisotopic (exact) mass is 294 g/mol. The highest BCUT2D eigenvalue weighted by Gasteiger charge is 2.17. The summed E-state index contributed by atoms with van der Waals surface area (Å²) in [6.07, 6.45) is 1.21. The van der Waals surface area contributed by atoms with E-state index in [4.69, 9.17) is 9.47 Å². The van der Waals surface area contributed by atoms with Gasteiger partial charge in [-0.1, -0.05) is 13.8 Å². The average Bonchev–Trinajstić information content (AvgIpc) is 2.49. The lowest BCUT2D eigenvalue weighted by Gasteiger charge is -2.26. The van der Waals surface area contributed by atoms with Gasteiger partial charge in [0.1, 0.15) is 11.5 Å². The Balaban J connectivity index is 2.83. The Morgan fingerprint density at radius 1 is 1.19 bits per heavy atom. The van der Waals surface area contributed by atoms with Gasteiger partial charge in [0.2, 0.25) is 0 Å². The molecule has 0 amide bonds. The largest absolute Gasteiger partial charge is 0.497 e. The Bertz CT molecular complexity index is 421. The molecule has 1 atom stereocenters. The molecule has 0 aliphatic rings. The second-order valence-corrected chi connectivity index (χ2v) is 5.89. The van der Waals surface area contributed by atoms with Crippen molar-refractivity contribution < 1.29 is 9.47 Å². The highest BCUT2D eigenvalue weighted by atomic mass is 16.5. The van der Waals surface area contributed by atoms with E-state index in [2.05, 4.69) is 37.2 Å². The number of nitrogens with one attached hydrogen (secondary N) is 1. The van der Waals surface area contributed by atoms with Crippen molar-refractivity contribution in [2.24, 2.45) is 5.92 Å². The van der Waals surface area contributed by atoms with Gasteiger partial charge in [0.05, 0.1) is 14.2 Å². The number of likely N-dealkylation sites (N-methyl/N-ethyl adjacent to an activating group) is 2. The van der Waals surface area contributed by atoms with Crippen molar-refractivity contribution in [3.63, 3.8) is 0 Å². The maximum atomic E-state index is 5.49. The van der Waals surface area contributed by atoms with Crippen LogP contribution < -0.4 is 14.8 Å². The SMILES string of the molecule is CNC(CN(C)CCC(C)C)c1cc(OC)ccc1OC. The van der Waals surface area contributed by atoms with Crippen LogP contribution in [0.4, 0.5) is 0 Å². The molecule has 0 aliphatic heterocycles. The van der Waals surface area contributed by atoms with Crippen molar-refractivity contribution in [2.45, 2.75) is 26.3 Å². The molecule has 0 saturated heterocycles. The summed E-state index contributed by atoms with van der Waals surface area (Å²) in [6.45, 7) is 6.55. The van der Waals surface area contributed by atoms with Crippen molar-refractivity contribution in [1.82, 2.24) is 10.2 Å². The second kappa shape index (κ2) is 8.90. The third-order valence-electron chi connectivity index (χ3n) is 3.74. The lowest BCUT2D eigenvalue weighted by Crippen LogP contribution is -2.32. The molecule has 4 nitrogen and oxygen atoms in total. The van der Waals surface area contributed by atoms with Crippen molar-refractivity contribution in [1.29, 1.82) is 0 Å². The van der Waals surface area contributed by atoms with E-state index >= 15 is 0 Å². The summed E-state index contributed by atoms with van der Waals surface area (Å²) in [5, 5.41) is 3.39. The smallest absolute Gasteiger partial charge is 0.123 e. The molecule has 0 aromatic heterocycles. The molecule has 0 aliphatic carbocycles. The van der Waals surface area contributed by atoms with Gasteiger partial charge in [-0.3, -0.25) is 0 Å². The van der Waals surface area contributed by atoms with E-state index in [-0.39, 0.29) is 6.04 Å². The number of nitrogens with zero attached hydrogens (tertiary/aromatic N) is 1. The third kappa shape index (κ3) is 5.56. The summed E-state index contributed by atoms with van der Waals surface area (Å²) in [5.74, 6) is 2.48. The van der Waals surface area contributed by atoms with E-state index in [9.17, 15) is 0 Å². The molecule has 0 spiro atoms. The standard InChI is InChI=1S/C17H30N2O2/c1-13(2)9-10-19(4)12-16(18-3)15-11-14(20-5)7-8-17(15)21-6/h7-8,11,13,16,18H,9-10,12H2,1-6H3. The van der Waals surface area contributed by atoms with E-state index in [1.54, 1.807) is 14.2 Å². The molecule has 0 fully saturated rings. The molecule has 120 valence electrons. The molecule has 0 radical (unpaired) electrons. The van der Waals surface area contributed by atoms with Crippen molar-refractivity contribution in [2.75, 3.05) is 41.4 Å². The quantitative estimate of drug-likeness (QED) is 0.759. The maximum absolute atomic E-state index is 5.49. The Kier molecular flexibility index (Phi) is 7.54. The van der Waals surface area contributed by atoms with Gasteiger partial charge in [-0.05, 0) is 51.2 Å². The molecule has 1 rings (SSSR count). The van der Waals surface area contributed by atoms with Gasteiger partial charge < -0.3 is 19.7 Å². The molecule has 1 N–H and O–H groups in total. The third-order valence-corrected chi connectivity index (χ3v) is 3.74. The minimum Gasteiger partial charge on any atom is -0.497 e. The fraction of sp³-hybridized carbons (Fsp3) is 0.647. The summed E-state index contributed by atoms with van der Waals surface area (Å²) >= 11 is 0. The Hall–Kier alpha value is -1.26. The number of hydrogen-bond donors (Lipinski definition) is 1. The van der Waals surface area contributed by atoms with E-state index in [0.29, 0.717) is 0 Å². The molecule has 1 aromatic carbocycles. The molecule has 4 heteroatoms. The minimum absolute atomic E-state index is 0.215. The number of rotatable bonds is 9. The molecular formula is C17H30N2O2. The van der Waals surface area contributed by atoms with Crippen LogP contribution in [0.5, 0.6) is 11.5 Å². The van der Waals surface area contributed by atoms with Gasteiger partial charge in [-0.25, -0.2) is 0 Å². The summed E-state index contributed by atoms with van der Waals surface area (Å²) in [5.41, 5.74) is 1.13. The first-order valence-corrected chi connectivity index (χ1v) is 7.59. The summed E-state index contributed by atoms with van der Waals surface area (Å²) in [7, 11) is 7.55. The van der Waals surface area contributed by atoms with Crippen LogP contribution in [-0.4, -0.2) is 46.3 Å². The first-order chi connectivity index (χ1) is 10.0. The Morgan fingerprint density at radius 3 is 2.43 bits per heavy atom. The predicted molar refractivity (Wildman–Crippen MR) is 88.3 cm³/mol. The normalized spacial score (nSPS) is 12.8. The number of methoxy groups -OCH3 is 2. The van der Waals surface area contributed by atoms with E-state index in [1.807, 2.05) is 19.2 Å². The van der Waals surface area contributed by atoms with Crippen LogP contribution in [0, 0.1) is 5.92 Å². The van der Waals surface area contributed by atoms with Gasteiger partial charge >= 0.3 is 0 Å². The highest BCUT2D eigenvalue weighted by Crippen LogP contribution is 2.29. The molecular weight excluding hydrogens is 264 g/mol. The fourth-order valence-corrected chi connectivity index (χ4v) is 2.34. The Morgan fingerprint density at radius 2 is 1.90 bits per heavy atom. The zero-order valence-electron chi connectivity index (χ0n) is 14.3. The van der Waals surface area contributed by atoms with Crippen LogP contribution in [0.2, 0.25) is 0 Å². The van der Waals surface area contributed by atoms with Crippen LogP contribution in [0.25, 0.3) is 0 Å². The lowest BCUT2D eigenvalue weighted by atomic mass is 10.0. The molecule has 0 bridgehead atoms. The number of ether oxygens (including phenoxy) is 2. The Labute approximate surface area is 129 Å². The van der Waals surface area contributed by atoms with Gasteiger partial charge in [0, 0.05) is 18.2 Å². The van der Waals surface area contributed by atoms with Crippen LogP contribution in [-0.2, 0) is 0 Å². The van der Waals surface area contributed by atoms with Crippen molar-refractivity contribution in [3.8, 4) is 11.5 Å². The van der Waals surface area contributed by atoms with E-state index < -0.39 is 0 Å². The van der Waals surface area contributed by atoms with Gasteiger partial charge in [-0.15, -0.1) is 0 Å². The summed E-state index contributed by atoms with van der Waals surface area (Å²) in [4.78, 5) is 2.36. The first-order valence-electron chi connectivity index (χ1n) is 7.59. The minimum atomic E-state index is 0.215. The lowest BCUT2D eigenvalue weighted by molar-refractivity contribution is 0.276. The topological polar surface area (TPSA) is 33.7 Å². The van der Waals surface area contributed by atoms with Crippen LogP contribution in [0.1, 0.15) is 31.9 Å². The highest BCUT2D eigenvalue weighted by molar-refractivity contribution is 5.42. The zero-order chi connectivity index (χ0) is 15.8. The number of benzene rings is 1. The van der Waals surface area contributed by atoms with Crippen molar-refractivity contribution >= 4 is 0 Å². The zero-order valence-corrected chi connectivity index (χ0v) is 14.3. The maximum Gasteiger partial charge on any atom is 0.123 e. The van der Waals surface area contributed by atoms with E-state index in [0.717, 1.165) is 36.1 Å². The van der Waals surface area contributed by atoms with Crippen molar-refractivity contribution in [3.05, 3.63) is 23.8 Å². The fourth-order valence-electron chi connectivity index (χ4n) is 2.34. The molecule has 21 heavy (non-hydrogen) atoms. The molecule has 0 heterocycles. The first kappa shape index (κ1) is 17.8. The molecule has 1 unspecified atom stereocenters. The van der Waals surface area contributed by atoms with Gasteiger partial charge in [0.25, 0.3) is 0 Å². The van der Waals surface area contributed by atoms with E-state index in [1.165, 1.54) is 6.42 Å².